The summed E-state index contributed by atoms with van der Waals surface area (Å²) >= 11 is 0. The summed E-state index contributed by atoms with van der Waals surface area (Å²) in [7, 11) is 0. The molecule has 0 saturated heterocycles. The van der Waals surface area contributed by atoms with Gasteiger partial charge >= 0.3 is 42.1 Å². The molecular formula is C66H41N11Pt2. The zero-order chi connectivity index (χ0) is 53.6. The molecule has 0 unspecified atom stereocenters. The number of hydrogen-bond donors (Lipinski definition) is 0. The molecule has 79 heavy (non-hydrogen) atoms. The zero-order valence-corrected chi connectivity index (χ0v) is 46.3. The Morgan fingerprint density at radius 2 is 1.05 bits per heavy atom. The molecule has 0 bridgehead atoms. The molecule has 380 valence electrons. The Morgan fingerprint density at radius 1 is 0.430 bits per heavy atom. The van der Waals surface area contributed by atoms with Gasteiger partial charge < -0.3 is 9.55 Å². The molecule has 0 saturated carbocycles. The molecule has 0 N–H and O–H groups in total. The minimum Gasteiger partial charge on any atom is -0.345 e. The van der Waals surface area contributed by atoms with Crippen molar-refractivity contribution >= 4 is 77.6 Å². The van der Waals surface area contributed by atoms with Crippen molar-refractivity contribution in [3.63, 3.8) is 0 Å². The van der Waals surface area contributed by atoms with Crippen molar-refractivity contribution in [2.24, 2.45) is 0 Å². The Hall–Kier alpha value is -9.14. The monoisotopic (exact) mass is 1380 g/mol. The third-order valence-corrected chi connectivity index (χ3v) is 14.1. The Labute approximate surface area is 485 Å². The number of hydrogen-bond acceptors (Lipinski definition) is 6. The molecule has 0 aliphatic heterocycles. The first-order valence-electron chi connectivity index (χ1n) is 26.6. The van der Waals surface area contributed by atoms with Crippen molar-refractivity contribution in [1.82, 2.24) is 52.4 Å². The van der Waals surface area contributed by atoms with Crippen LogP contribution in [-0.2, 0) is 42.1 Å². The Bertz CT molecular complexity index is 5060. The van der Waals surface area contributed by atoms with Gasteiger partial charge in [-0.05, 0) is 102 Å². The molecule has 0 amide bonds. The third-order valence-electron chi connectivity index (χ3n) is 14.1. The normalized spacial score (nSPS) is 12.2. The van der Waals surface area contributed by atoms with Gasteiger partial charge in [-0.2, -0.15) is 24.3 Å². The zero-order valence-electron chi connectivity index (χ0n) is 44.8. The SMILES string of the molecule is Cc1cc2c(cn1)n(-c1[c-]c(-c3cccc(-n4c5[c-]cccc5c5ccccc54)n3)ccc1)c1nc3ccccc3n21.[2H]C([2H])([2H])c1cnc2c(c1)nc1n(-c3[c-]c(-c4cccc(-c5[c-]cccc5)n4)ccc3)c3ccccc3n21.[Pt+2].[Pt+2]. The minimum absolute atomic E-state index is 0. The van der Waals surface area contributed by atoms with Crippen LogP contribution in [0.3, 0.4) is 0 Å². The van der Waals surface area contributed by atoms with Gasteiger partial charge in [-0.25, -0.2) is 15.0 Å². The van der Waals surface area contributed by atoms with Crippen molar-refractivity contribution < 1.29 is 46.2 Å². The number of aryl methyl sites for hydroxylation is 2. The predicted octanol–water partition coefficient (Wildman–Crippen LogP) is 14.4. The summed E-state index contributed by atoms with van der Waals surface area (Å²) in [5.41, 5.74) is 17.1. The molecular weight excluding hydrogens is 1340 g/mol. The molecule has 16 aromatic rings. The van der Waals surface area contributed by atoms with Gasteiger partial charge in [-0.1, -0.05) is 78.3 Å². The van der Waals surface area contributed by atoms with E-state index < -0.39 is 6.85 Å². The molecule has 0 spiro atoms. The van der Waals surface area contributed by atoms with E-state index in [1.165, 1.54) is 11.6 Å². The van der Waals surface area contributed by atoms with Crippen LogP contribution in [0.25, 0.3) is 129 Å². The minimum atomic E-state index is -2.26. The smallest absolute Gasteiger partial charge is 0.345 e. The standard InChI is InChI=1S/C36H22N6.C30H19N5.2Pt/c1-23-20-33-34(22-37-23)40(36-39-29-14-4-7-18-32(29)42(33)36)25-11-8-10-24(21-25)28-15-9-19-35(38-28)41-30-16-5-2-12-26(30)27-13-3-6-17-31(27)41;1-20-17-26-29(31-19-20)35-28-16-6-5-15-27(28)34(30(35)33-26)23-12-7-11-22(18-23)25-14-8-13-24(32-25)21-9-3-2-4-10-21;;/h2-16,18-20,22H,1H3;2-9,11-17,19H,1H3;;/q2*-2;2*+2/i;1D3;;. The van der Waals surface area contributed by atoms with Gasteiger partial charge in [-0.15, -0.1) is 101 Å². The van der Waals surface area contributed by atoms with E-state index in [0.717, 1.165) is 112 Å². The maximum Gasteiger partial charge on any atom is 2.00 e. The van der Waals surface area contributed by atoms with E-state index in [1.54, 1.807) is 6.07 Å². The molecule has 16 rings (SSSR count). The molecule has 13 heteroatoms. The second kappa shape index (κ2) is 20.0. The number of pyridine rings is 4. The summed E-state index contributed by atoms with van der Waals surface area (Å²) < 4.78 is 33.8. The fourth-order valence-corrected chi connectivity index (χ4v) is 10.7. The van der Waals surface area contributed by atoms with Gasteiger partial charge in [0.15, 0.2) is 5.65 Å². The predicted molar refractivity (Wildman–Crippen MR) is 306 cm³/mol. The van der Waals surface area contributed by atoms with Gasteiger partial charge in [0.1, 0.15) is 11.3 Å². The summed E-state index contributed by atoms with van der Waals surface area (Å²) in [6, 6.07) is 80.3. The molecule has 9 aromatic heterocycles. The molecule has 0 aliphatic carbocycles. The Kier molecular flexibility index (Phi) is 11.7. The number of nitrogens with zero attached hydrogens (tertiary/aromatic N) is 11. The maximum absolute atomic E-state index is 7.77. The van der Waals surface area contributed by atoms with Crippen LogP contribution < -0.4 is 0 Å². The van der Waals surface area contributed by atoms with Gasteiger partial charge in [0.25, 0.3) is 0 Å². The van der Waals surface area contributed by atoms with Crippen molar-refractivity contribution in [3.05, 3.63) is 248 Å². The summed E-state index contributed by atoms with van der Waals surface area (Å²) in [6.45, 7) is -0.240. The number of rotatable bonds is 6. The maximum atomic E-state index is 7.77. The van der Waals surface area contributed by atoms with E-state index >= 15 is 0 Å². The second-order valence-corrected chi connectivity index (χ2v) is 18.8. The quantitative estimate of drug-likeness (QED) is 0.154. The Morgan fingerprint density at radius 3 is 1.84 bits per heavy atom. The number of para-hydroxylation sites is 6. The summed E-state index contributed by atoms with van der Waals surface area (Å²) in [5, 5.41) is 2.35. The van der Waals surface area contributed by atoms with E-state index in [2.05, 4.69) is 114 Å². The molecule has 7 aromatic carbocycles. The number of aromatic nitrogens is 11. The van der Waals surface area contributed by atoms with Crippen LogP contribution >= 0.6 is 0 Å². The van der Waals surface area contributed by atoms with Crippen molar-refractivity contribution in [2.75, 3.05) is 0 Å². The molecule has 0 radical (unpaired) electrons. The van der Waals surface area contributed by atoms with Crippen molar-refractivity contribution in [3.8, 4) is 51.0 Å². The summed E-state index contributed by atoms with van der Waals surface area (Å²) in [4.78, 5) is 29.0. The first-order valence-corrected chi connectivity index (χ1v) is 25.1. The van der Waals surface area contributed by atoms with Crippen LogP contribution in [0.2, 0.25) is 0 Å². The molecule has 0 fully saturated rings. The average Bonchev–Trinajstić information content (AvgIpc) is 3.33. The van der Waals surface area contributed by atoms with E-state index in [9.17, 15) is 0 Å². The molecule has 9 heterocycles. The molecule has 0 atom stereocenters. The van der Waals surface area contributed by atoms with Crippen LogP contribution in [-0.4, -0.2) is 52.4 Å². The van der Waals surface area contributed by atoms with Crippen LogP contribution in [0.1, 0.15) is 15.4 Å². The number of benzene rings is 7. The molecule has 0 aliphatic rings. The fraction of sp³-hybridized carbons (Fsp3) is 0.0303. The molecule has 11 nitrogen and oxygen atoms in total. The van der Waals surface area contributed by atoms with Crippen LogP contribution in [0.15, 0.2) is 213 Å². The fourth-order valence-electron chi connectivity index (χ4n) is 10.7. The first-order chi connectivity index (χ1) is 39.2. The van der Waals surface area contributed by atoms with E-state index in [1.807, 2.05) is 149 Å². The topological polar surface area (TPSA) is 101 Å². The second-order valence-electron chi connectivity index (χ2n) is 18.8. The van der Waals surface area contributed by atoms with Crippen molar-refractivity contribution in [1.29, 1.82) is 0 Å². The average molecular weight is 1380 g/mol. The summed E-state index contributed by atoms with van der Waals surface area (Å²) in [5.74, 6) is 2.30. The number of imidazole rings is 4. The van der Waals surface area contributed by atoms with Crippen LogP contribution in [0, 0.1) is 38.0 Å². The largest absolute Gasteiger partial charge is 2.00 e. The number of fused-ring (bicyclic) bond motifs is 13. The van der Waals surface area contributed by atoms with Crippen LogP contribution in [0.4, 0.5) is 0 Å². The van der Waals surface area contributed by atoms with E-state index in [0.29, 0.717) is 16.9 Å². The van der Waals surface area contributed by atoms with Gasteiger partial charge in [0.05, 0.1) is 39.3 Å². The van der Waals surface area contributed by atoms with Crippen LogP contribution in [0.5, 0.6) is 0 Å². The Balaban J connectivity index is 0.000000151. The third kappa shape index (κ3) is 8.27. The van der Waals surface area contributed by atoms with E-state index in [4.69, 9.17) is 24.0 Å². The first kappa shape index (κ1) is 46.0. The van der Waals surface area contributed by atoms with Gasteiger partial charge in [-0.3, -0.25) is 27.9 Å². The van der Waals surface area contributed by atoms with Gasteiger partial charge in [0, 0.05) is 21.5 Å². The van der Waals surface area contributed by atoms with Crippen molar-refractivity contribution in [2.45, 2.75) is 13.8 Å². The van der Waals surface area contributed by atoms with Gasteiger partial charge in [0.2, 0.25) is 11.6 Å². The summed E-state index contributed by atoms with van der Waals surface area (Å²) in [6.07, 6.45) is 3.33. The van der Waals surface area contributed by atoms with E-state index in [-0.39, 0.29) is 47.7 Å².